The van der Waals surface area contributed by atoms with Gasteiger partial charge in [-0.1, -0.05) is 400 Å². The number of hydrogen-bond donors (Lipinski definition) is 3. The molecule has 3 heteroatoms. The third-order valence-corrected chi connectivity index (χ3v) is 23.9. The van der Waals surface area contributed by atoms with E-state index in [-0.39, 0.29) is 5.41 Å². The van der Waals surface area contributed by atoms with Crippen molar-refractivity contribution in [1.82, 2.24) is 0 Å². The lowest BCUT2D eigenvalue weighted by Gasteiger charge is -2.34. The average molecular weight is 1480 g/mol. The molecule has 0 radical (unpaired) electrons. The van der Waals surface area contributed by atoms with Crippen molar-refractivity contribution >= 4 is 55.7 Å². The van der Waals surface area contributed by atoms with Gasteiger partial charge >= 0.3 is 0 Å². The summed E-state index contributed by atoms with van der Waals surface area (Å²) < 4.78 is 0. The van der Waals surface area contributed by atoms with Crippen molar-refractivity contribution < 1.29 is 0 Å². The minimum Gasteiger partial charge on any atom is -0.356 e. The molecule has 548 valence electrons. The molecule has 0 saturated carbocycles. The smallest absolute Gasteiger partial charge is 0.0714 e. The van der Waals surface area contributed by atoms with Gasteiger partial charge in [0.25, 0.3) is 0 Å². The molecule has 0 spiro atoms. The molecule has 0 aliphatic heterocycles. The quantitative estimate of drug-likeness (QED) is 0.102. The first-order chi connectivity index (χ1) is 57.5. The van der Waals surface area contributed by atoms with Crippen LogP contribution in [0.1, 0.15) is 66.8 Å². The summed E-state index contributed by atoms with van der Waals surface area (Å²) in [5.41, 5.74) is 33.6. The Labute approximate surface area is 678 Å². The fourth-order valence-electron chi connectivity index (χ4n) is 19.0. The van der Waals surface area contributed by atoms with Gasteiger partial charge < -0.3 is 16.0 Å². The Hall–Kier alpha value is -14.9. The minimum atomic E-state index is -0.398. The third-order valence-electron chi connectivity index (χ3n) is 23.9. The summed E-state index contributed by atoms with van der Waals surface area (Å²) in [4.78, 5) is 0. The van der Waals surface area contributed by atoms with Crippen LogP contribution < -0.4 is 16.0 Å². The topological polar surface area (TPSA) is 36.1 Å². The van der Waals surface area contributed by atoms with Gasteiger partial charge in [-0.25, -0.2) is 0 Å². The minimum absolute atomic E-state index is 0.379. The molecule has 0 aromatic heterocycles. The molecule has 3 N–H and O–H groups in total. The van der Waals surface area contributed by atoms with Crippen LogP contribution in [0, 0.1) is 0 Å². The lowest BCUT2D eigenvalue weighted by atomic mass is 9.67. The number of hydrogen-bond acceptors (Lipinski definition) is 3. The molecule has 0 unspecified atom stereocenters. The first kappa shape index (κ1) is 70.2. The zero-order valence-corrected chi connectivity index (χ0v) is 64.0. The summed E-state index contributed by atoms with van der Waals surface area (Å²) in [6.07, 6.45) is 0. The van der Waals surface area contributed by atoms with Crippen molar-refractivity contribution in [3.8, 4) is 55.6 Å². The molecular weight excluding hydrogens is 1400 g/mol. The molecule has 0 bridgehead atoms. The molecule has 22 rings (SSSR count). The van der Waals surface area contributed by atoms with E-state index in [1.54, 1.807) is 0 Å². The molecule has 3 aliphatic carbocycles. The summed E-state index contributed by atoms with van der Waals surface area (Å²) in [7, 11) is 0. The number of nitrogens with one attached hydrogen (secondary N) is 3. The van der Waals surface area contributed by atoms with Gasteiger partial charge in [0.15, 0.2) is 0 Å². The van der Waals surface area contributed by atoms with Gasteiger partial charge in [0.1, 0.15) is 0 Å². The Morgan fingerprint density at radius 2 is 0.422 bits per heavy atom. The molecule has 116 heavy (non-hydrogen) atoms. The molecule has 3 aliphatic rings. The lowest BCUT2D eigenvalue weighted by molar-refractivity contribution is 0.769. The van der Waals surface area contributed by atoms with Gasteiger partial charge in [-0.2, -0.15) is 0 Å². The van der Waals surface area contributed by atoms with Crippen molar-refractivity contribution in [2.24, 2.45) is 0 Å². The standard InChI is InChI=1S/C41H29N.C37H27N.C35H25N/c1-3-14-31(15-4-1)41(32-16-5-2-6-17-32)39-21-10-9-19-37(39)38-27-26-34(28-40(38)41)42-33-24-22-30(23-25-33)36-20-11-13-29-12-7-8-18-35(29)36;1-4-13-27(14-5-1)28-15-12-20-31(25-28)38-32-23-24-34-33-21-10-11-22-35(33)37(36(34)26-32,29-16-6-2-7-17-29)30-18-8-3-9-19-30;1-3-13-27(14-4-1)35(28-15-5-2-6-16-28)33-18-10-9-17-31(33)32-22-21-30(24-34(32)35)36-29-20-19-25-11-7-8-12-26(25)23-29/h1-28,42H;1-26,38H;1-24,36H. The van der Waals surface area contributed by atoms with E-state index in [2.05, 4.69) is 489 Å². The number of anilines is 6. The van der Waals surface area contributed by atoms with Crippen molar-refractivity contribution in [3.05, 3.63) is 540 Å². The fourth-order valence-corrected chi connectivity index (χ4v) is 19.0. The summed E-state index contributed by atoms with van der Waals surface area (Å²) in [6.45, 7) is 0. The van der Waals surface area contributed by atoms with Gasteiger partial charge in [0.05, 0.1) is 16.2 Å². The Morgan fingerprint density at radius 3 is 0.853 bits per heavy atom. The van der Waals surface area contributed by atoms with E-state index in [1.807, 2.05) is 0 Å². The van der Waals surface area contributed by atoms with Crippen LogP contribution in [0.4, 0.5) is 34.1 Å². The van der Waals surface area contributed by atoms with E-state index in [0.29, 0.717) is 0 Å². The van der Waals surface area contributed by atoms with Gasteiger partial charge in [0, 0.05) is 34.1 Å². The molecule has 0 amide bonds. The van der Waals surface area contributed by atoms with E-state index >= 15 is 0 Å². The van der Waals surface area contributed by atoms with Crippen molar-refractivity contribution in [2.75, 3.05) is 16.0 Å². The van der Waals surface area contributed by atoms with E-state index in [1.165, 1.54) is 144 Å². The Balaban J connectivity index is 0.000000113. The highest BCUT2D eigenvalue weighted by atomic mass is 14.9. The van der Waals surface area contributed by atoms with Crippen LogP contribution in [-0.4, -0.2) is 0 Å². The molecule has 19 aromatic rings. The highest BCUT2D eigenvalue weighted by Crippen LogP contribution is 2.60. The average Bonchev–Trinajstić information content (AvgIpc) is 1.65. The van der Waals surface area contributed by atoms with Gasteiger partial charge in [-0.3, -0.25) is 0 Å². The molecular formula is C113H81N3. The Morgan fingerprint density at radius 1 is 0.138 bits per heavy atom. The monoisotopic (exact) mass is 1480 g/mol. The highest BCUT2D eigenvalue weighted by Gasteiger charge is 2.49. The fraction of sp³-hybridized carbons (Fsp3) is 0.0265. The molecule has 0 heterocycles. The third kappa shape index (κ3) is 12.3. The van der Waals surface area contributed by atoms with E-state index in [4.69, 9.17) is 0 Å². The SMILES string of the molecule is c1ccc(-c2cccc(Nc3ccc4c(c3)C(c3ccccc3)(c3ccccc3)c3ccccc3-4)c2)cc1.c1ccc(C2(c3ccccc3)c3ccccc3-c3ccc(Nc4ccc(-c5cccc6ccccc56)cc4)cc32)cc1.c1ccc(C2(c3ccccc3)c3ccccc3-c3ccc(Nc4ccc5ccccc5c4)cc32)cc1. The van der Waals surface area contributed by atoms with Crippen LogP contribution in [0.5, 0.6) is 0 Å². The van der Waals surface area contributed by atoms with Gasteiger partial charge in [-0.05, 0) is 217 Å². The molecule has 19 aromatic carbocycles. The maximum Gasteiger partial charge on any atom is 0.0714 e. The van der Waals surface area contributed by atoms with Crippen LogP contribution in [0.15, 0.2) is 473 Å². The predicted molar refractivity (Wildman–Crippen MR) is 486 cm³/mol. The zero-order chi connectivity index (χ0) is 77.3. The summed E-state index contributed by atoms with van der Waals surface area (Å²) >= 11 is 0. The van der Waals surface area contributed by atoms with Gasteiger partial charge in [-0.15, -0.1) is 0 Å². The van der Waals surface area contributed by atoms with E-state index in [9.17, 15) is 0 Å². The number of fused-ring (bicyclic) bond motifs is 11. The second-order valence-corrected chi connectivity index (χ2v) is 30.4. The van der Waals surface area contributed by atoms with Gasteiger partial charge in [0.2, 0.25) is 0 Å². The summed E-state index contributed by atoms with van der Waals surface area (Å²) in [6, 6.07) is 171. The first-order valence-electron chi connectivity index (χ1n) is 40.1. The number of benzene rings is 19. The Bertz CT molecular complexity index is 6640. The van der Waals surface area contributed by atoms with Crippen LogP contribution >= 0.6 is 0 Å². The Kier molecular flexibility index (Phi) is 18.3. The maximum absolute atomic E-state index is 3.72. The second kappa shape index (κ2) is 30.3. The zero-order valence-electron chi connectivity index (χ0n) is 64.0. The summed E-state index contributed by atoms with van der Waals surface area (Å²) in [5.74, 6) is 0. The lowest BCUT2D eigenvalue weighted by Crippen LogP contribution is -2.28. The largest absolute Gasteiger partial charge is 0.356 e. The maximum atomic E-state index is 3.72. The van der Waals surface area contributed by atoms with E-state index in [0.717, 1.165) is 34.1 Å². The molecule has 3 nitrogen and oxygen atoms in total. The first-order valence-corrected chi connectivity index (χ1v) is 40.1. The molecule has 0 atom stereocenters. The number of rotatable bonds is 14. The van der Waals surface area contributed by atoms with Crippen LogP contribution in [-0.2, 0) is 16.2 Å². The predicted octanol–water partition coefficient (Wildman–Crippen LogP) is 29.0. The van der Waals surface area contributed by atoms with E-state index < -0.39 is 10.8 Å². The van der Waals surface area contributed by atoms with Crippen molar-refractivity contribution in [3.63, 3.8) is 0 Å². The summed E-state index contributed by atoms with van der Waals surface area (Å²) in [5, 5.41) is 16.1. The highest BCUT2D eigenvalue weighted by molar-refractivity contribution is 5.98. The van der Waals surface area contributed by atoms with Crippen molar-refractivity contribution in [2.45, 2.75) is 16.2 Å². The van der Waals surface area contributed by atoms with Crippen LogP contribution in [0.3, 0.4) is 0 Å². The molecule has 0 fully saturated rings. The van der Waals surface area contributed by atoms with Crippen LogP contribution in [0.25, 0.3) is 77.2 Å². The second-order valence-electron chi connectivity index (χ2n) is 30.4. The normalized spacial score (nSPS) is 13.0. The van der Waals surface area contributed by atoms with Crippen LogP contribution in [0.2, 0.25) is 0 Å². The van der Waals surface area contributed by atoms with Crippen molar-refractivity contribution in [1.29, 1.82) is 0 Å². The molecule has 0 saturated heterocycles.